The second-order valence-electron chi connectivity index (χ2n) is 3.10. The van der Waals surface area contributed by atoms with Crippen molar-refractivity contribution in [2.45, 2.75) is 6.54 Å². The highest BCUT2D eigenvalue weighted by Crippen LogP contribution is 2.23. The Morgan fingerprint density at radius 3 is 2.67 bits per heavy atom. The summed E-state index contributed by atoms with van der Waals surface area (Å²) in [5.74, 6) is 1.51. The molecule has 3 nitrogen and oxygen atoms in total. The fraction of sp³-hybridized carbons (Fsp3) is 0.0833. The summed E-state index contributed by atoms with van der Waals surface area (Å²) in [6.07, 6.45) is 3.38. The minimum Gasteiger partial charge on any atom is -0.455 e. The van der Waals surface area contributed by atoms with Crippen LogP contribution in [0.25, 0.3) is 0 Å². The highest BCUT2D eigenvalue weighted by molar-refractivity contribution is 5.35. The van der Waals surface area contributed by atoms with Crippen LogP contribution in [0.5, 0.6) is 11.5 Å². The number of nitrogens with two attached hydrogens (primary N) is 1. The zero-order chi connectivity index (χ0) is 10.5. The summed E-state index contributed by atoms with van der Waals surface area (Å²) in [5, 5.41) is 0. The predicted octanol–water partition coefficient (Wildman–Crippen LogP) is 2.33. The smallest absolute Gasteiger partial charge is 0.150 e. The maximum absolute atomic E-state index is 5.66. The van der Waals surface area contributed by atoms with Gasteiger partial charge in [0.2, 0.25) is 0 Å². The highest BCUT2D eigenvalue weighted by Gasteiger charge is 2.02. The van der Waals surface area contributed by atoms with Gasteiger partial charge in [0.1, 0.15) is 11.5 Å². The fourth-order valence-corrected chi connectivity index (χ4v) is 1.28. The third-order valence-electron chi connectivity index (χ3n) is 2.06. The Hall–Kier alpha value is -1.87. The lowest BCUT2D eigenvalue weighted by Gasteiger charge is -2.08. The Kier molecular flexibility index (Phi) is 2.95. The summed E-state index contributed by atoms with van der Waals surface area (Å²) >= 11 is 0. The minimum atomic E-state index is 0.449. The van der Waals surface area contributed by atoms with E-state index in [0.29, 0.717) is 12.3 Å². The molecule has 0 atom stereocenters. The van der Waals surface area contributed by atoms with E-state index < -0.39 is 0 Å². The molecule has 0 aliphatic carbocycles. The zero-order valence-corrected chi connectivity index (χ0v) is 8.26. The molecular weight excluding hydrogens is 188 g/mol. The van der Waals surface area contributed by atoms with E-state index in [2.05, 4.69) is 4.98 Å². The number of pyridine rings is 1. The molecule has 0 aliphatic heterocycles. The molecule has 15 heavy (non-hydrogen) atoms. The van der Waals surface area contributed by atoms with Gasteiger partial charge in [-0.1, -0.05) is 18.2 Å². The largest absolute Gasteiger partial charge is 0.455 e. The summed E-state index contributed by atoms with van der Waals surface area (Å²) in [7, 11) is 0. The molecular formula is C12H12N2O. The average Bonchev–Trinajstić information content (AvgIpc) is 2.31. The number of ether oxygens (including phenoxy) is 1. The van der Waals surface area contributed by atoms with Crippen LogP contribution in [-0.4, -0.2) is 4.98 Å². The Balaban J connectivity index is 2.24. The number of benzene rings is 1. The zero-order valence-electron chi connectivity index (χ0n) is 8.26. The molecule has 2 rings (SSSR count). The molecule has 0 aliphatic rings. The maximum atomic E-state index is 5.66. The van der Waals surface area contributed by atoms with Crippen molar-refractivity contribution in [3.8, 4) is 11.5 Å². The van der Waals surface area contributed by atoms with Gasteiger partial charge in [0.05, 0.1) is 6.20 Å². The topological polar surface area (TPSA) is 48.1 Å². The molecule has 0 amide bonds. The predicted molar refractivity (Wildman–Crippen MR) is 58.6 cm³/mol. The van der Waals surface area contributed by atoms with E-state index in [1.165, 1.54) is 0 Å². The molecule has 76 valence electrons. The monoisotopic (exact) mass is 200 g/mol. The van der Waals surface area contributed by atoms with Gasteiger partial charge in [-0.15, -0.1) is 0 Å². The van der Waals surface area contributed by atoms with Crippen molar-refractivity contribution in [1.82, 2.24) is 4.98 Å². The van der Waals surface area contributed by atoms with Crippen LogP contribution in [0.4, 0.5) is 0 Å². The van der Waals surface area contributed by atoms with Gasteiger partial charge in [0.15, 0.2) is 0 Å². The molecule has 1 heterocycles. The van der Waals surface area contributed by atoms with Gasteiger partial charge >= 0.3 is 0 Å². The Bertz CT molecular complexity index is 429. The third kappa shape index (κ3) is 2.33. The van der Waals surface area contributed by atoms with Crippen molar-refractivity contribution >= 4 is 0 Å². The van der Waals surface area contributed by atoms with Gasteiger partial charge in [-0.2, -0.15) is 0 Å². The normalized spacial score (nSPS) is 9.93. The van der Waals surface area contributed by atoms with E-state index >= 15 is 0 Å². The lowest BCUT2D eigenvalue weighted by atomic mass is 10.2. The molecule has 0 radical (unpaired) electrons. The van der Waals surface area contributed by atoms with Crippen LogP contribution in [0.15, 0.2) is 48.8 Å². The first kappa shape index (κ1) is 9.68. The van der Waals surface area contributed by atoms with Crippen molar-refractivity contribution in [3.63, 3.8) is 0 Å². The molecule has 0 fully saturated rings. The molecule has 0 saturated heterocycles. The molecule has 0 spiro atoms. The SMILES string of the molecule is NCc1ccncc1Oc1ccccc1. The number of para-hydroxylation sites is 1. The molecule has 3 heteroatoms. The molecule has 0 saturated carbocycles. The standard InChI is InChI=1S/C12H12N2O/c13-8-10-6-7-14-9-12(10)15-11-4-2-1-3-5-11/h1-7,9H,8,13H2. The molecule has 0 unspecified atom stereocenters. The van der Waals surface area contributed by atoms with Gasteiger partial charge in [-0.3, -0.25) is 4.98 Å². The maximum Gasteiger partial charge on any atom is 0.150 e. The van der Waals surface area contributed by atoms with Gasteiger partial charge in [0, 0.05) is 18.3 Å². The number of hydrogen-bond acceptors (Lipinski definition) is 3. The lowest BCUT2D eigenvalue weighted by Crippen LogP contribution is -1.99. The molecule has 1 aromatic carbocycles. The number of aromatic nitrogens is 1. The van der Waals surface area contributed by atoms with E-state index in [4.69, 9.17) is 10.5 Å². The van der Waals surface area contributed by atoms with Crippen molar-refractivity contribution in [2.75, 3.05) is 0 Å². The quantitative estimate of drug-likeness (QED) is 0.827. The van der Waals surface area contributed by atoms with Crippen LogP contribution in [0.1, 0.15) is 5.56 Å². The molecule has 2 aromatic rings. The summed E-state index contributed by atoms with van der Waals surface area (Å²) in [4.78, 5) is 4.01. The Morgan fingerprint density at radius 2 is 1.93 bits per heavy atom. The second kappa shape index (κ2) is 4.57. The fourth-order valence-electron chi connectivity index (χ4n) is 1.28. The lowest BCUT2D eigenvalue weighted by molar-refractivity contribution is 0.474. The summed E-state index contributed by atoms with van der Waals surface area (Å²) < 4.78 is 5.66. The van der Waals surface area contributed by atoms with Crippen molar-refractivity contribution in [2.24, 2.45) is 5.73 Å². The third-order valence-corrected chi connectivity index (χ3v) is 2.06. The highest BCUT2D eigenvalue weighted by atomic mass is 16.5. The van der Waals surface area contributed by atoms with E-state index in [1.807, 2.05) is 36.4 Å². The van der Waals surface area contributed by atoms with Crippen LogP contribution >= 0.6 is 0 Å². The van der Waals surface area contributed by atoms with E-state index in [-0.39, 0.29) is 0 Å². The van der Waals surface area contributed by atoms with Crippen LogP contribution in [0.3, 0.4) is 0 Å². The summed E-state index contributed by atoms with van der Waals surface area (Å²) in [6, 6.07) is 11.4. The van der Waals surface area contributed by atoms with Gasteiger partial charge in [0.25, 0.3) is 0 Å². The van der Waals surface area contributed by atoms with Crippen LogP contribution in [0.2, 0.25) is 0 Å². The van der Waals surface area contributed by atoms with Crippen LogP contribution in [-0.2, 0) is 6.54 Å². The first-order valence-corrected chi connectivity index (χ1v) is 4.76. The van der Waals surface area contributed by atoms with Crippen LogP contribution < -0.4 is 10.5 Å². The average molecular weight is 200 g/mol. The minimum absolute atomic E-state index is 0.449. The van der Waals surface area contributed by atoms with Crippen LogP contribution in [0, 0.1) is 0 Å². The van der Waals surface area contributed by atoms with Crippen molar-refractivity contribution < 1.29 is 4.74 Å². The molecule has 0 bridgehead atoms. The first-order chi connectivity index (χ1) is 7.40. The number of nitrogens with zero attached hydrogens (tertiary/aromatic N) is 1. The van der Waals surface area contributed by atoms with E-state index in [9.17, 15) is 0 Å². The van der Waals surface area contributed by atoms with Gasteiger partial charge in [-0.05, 0) is 18.2 Å². The van der Waals surface area contributed by atoms with Crippen molar-refractivity contribution in [1.29, 1.82) is 0 Å². The van der Waals surface area contributed by atoms with Crippen molar-refractivity contribution in [3.05, 3.63) is 54.4 Å². The van der Waals surface area contributed by atoms with Gasteiger partial charge in [-0.25, -0.2) is 0 Å². The summed E-state index contributed by atoms with van der Waals surface area (Å²) in [5.41, 5.74) is 6.55. The van der Waals surface area contributed by atoms with Gasteiger partial charge < -0.3 is 10.5 Å². The number of rotatable bonds is 3. The Labute approximate surface area is 88.5 Å². The van der Waals surface area contributed by atoms with E-state index in [1.54, 1.807) is 12.4 Å². The Morgan fingerprint density at radius 1 is 1.13 bits per heavy atom. The molecule has 1 aromatic heterocycles. The van der Waals surface area contributed by atoms with E-state index in [0.717, 1.165) is 11.3 Å². The number of hydrogen-bond donors (Lipinski definition) is 1. The summed E-state index contributed by atoms with van der Waals surface area (Å²) in [6.45, 7) is 0.449. The first-order valence-electron chi connectivity index (χ1n) is 4.76. The second-order valence-corrected chi connectivity index (χ2v) is 3.10. The molecule has 2 N–H and O–H groups in total.